The monoisotopic (exact) mass is 262 g/mol. The van der Waals surface area contributed by atoms with Gasteiger partial charge in [0.1, 0.15) is 5.75 Å². The third-order valence-corrected chi connectivity index (χ3v) is 3.64. The van der Waals surface area contributed by atoms with Gasteiger partial charge in [-0.15, -0.1) is 11.3 Å². The number of thiophene rings is 1. The van der Waals surface area contributed by atoms with Crippen LogP contribution in [0.3, 0.4) is 0 Å². The summed E-state index contributed by atoms with van der Waals surface area (Å²) >= 11 is 1.76. The lowest BCUT2D eigenvalue weighted by molar-refractivity contribution is 0.285. The van der Waals surface area contributed by atoms with E-state index in [0.29, 0.717) is 6.61 Å². The molecule has 0 aliphatic carbocycles. The van der Waals surface area contributed by atoms with E-state index in [1.165, 1.54) is 4.88 Å². The first-order valence-electron chi connectivity index (χ1n) is 6.05. The topological polar surface area (TPSA) is 47.3 Å². The van der Waals surface area contributed by atoms with Gasteiger partial charge in [0, 0.05) is 10.9 Å². The molecule has 1 atom stereocenters. The summed E-state index contributed by atoms with van der Waals surface area (Å²) in [7, 11) is 0. The van der Waals surface area contributed by atoms with E-state index in [1.807, 2.05) is 30.3 Å². The van der Waals surface area contributed by atoms with Crippen LogP contribution in [0.1, 0.15) is 11.3 Å². The van der Waals surface area contributed by atoms with Gasteiger partial charge in [0.05, 0.1) is 6.61 Å². The lowest BCUT2D eigenvalue weighted by Gasteiger charge is -2.15. The molecule has 0 saturated carbocycles. The van der Waals surface area contributed by atoms with E-state index < -0.39 is 0 Å². The van der Waals surface area contributed by atoms with Gasteiger partial charge in [-0.1, -0.05) is 24.3 Å². The molecule has 4 heteroatoms. The second-order valence-corrected chi connectivity index (χ2v) is 5.13. The first-order chi connectivity index (χ1) is 8.88. The summed E-state index contributed by atoms with van der Waals surface area (Å²) in [5.74, 6) is 6.47. The molecule has 0 saturated heterocycles. The highest BCUT2D eigenvalue weighted by atomic mass is 32.1. The SMILES string of the molecule is NNC(CCOc1ccccc1)Cc1cccs1. The van der Waals surface area contributed by atoms with Crippen LogP contribution in [0.15, 0.2) is 47.8 Å². The van der Waals surface area contributed by atoms with Crippen LogP contribution in [0.25, 0.3) is 0 Å². The Morgan fingerprint density at radius 2 is 2.00 bits per heavy atom. The Kier molecular flexibility index (Phi) is 5.20. The summed E-state index contributed by atoms with van der Waals surface area (Å²) < 4.78 is 5.67. The first kappa shape index (κ1) is 13.1. The van der Waals surface area contributed by atoms with Gasteiger partial charge in [-0.2, -0.15) is 0 Å². The molecule has 1 unspecified atom stereocenters. The van der Waals surface area contributed by atoms with Crippen LogP contribution in [0, 0.1) is 0 Å². The fourth-order valence-corrected chi connectivity index (χ4v) is 2.54. The van der Waals surface area contributed by atoms with Crippen molar-refractivity contribution in [2.75, 3.05) is 6.61 Å². The van der Waals surface area contributed by atoms with Gasteiger partial charge in [0.2, 0.25) is 0 Å². The molecule has 0 amide bonds. The largest absolute Gasteiger partial charge is 0.494 e. The van der Waals surface area contributed by atoms with Gasteiger partial charge in [-0.3, -0.25) is 11.3 Å². The summed E-state index contributed by atoms with van der Waals surface area (Å²) in [5.41, 5.74) is 2.85. The summed E-state index contributed by atoms with van der Waals surface area (Å²) in [6.07, 6.45) is 1.84. The predicted molar refractivity (Wildman–Crippen MR) is 75.7 cm³/mol. The number of hydrogen-bond acceptors (Lipinski definition) is 4. The fourth-order valence-electron chi connectivity index (χ4n) is 1.75. The molecule has 3 nitrogen and oxygen atoms in total. The average Bonchev–Trinajstić information content (AvgIpc) is 2.92. The first-order valence-corrected chi connectivity index (χ1v) is 6.93. The zero-order valence-corrected chi connectivity index (χ0v) is 11.0. The minimum atomic E-state index is 0.257. The van der Waals surface area contributed by atoms with E-state index >= 15 is 0 Å². The molecule has 1 aromatic carbocycles. The zero-order valence-electron chi connectivity index (χ0n) is 10.2. The maximum atomic E-state index is 5.67. The third-order valence-electron chi connectivity index (χ3n) is 2.74. The highest BCUT2D eigenvalue weighted by Crippen LogP contribution is 2.13. The van der Waals surface area contributed by atoms with Gasteiger partial charge < -0.3 is 4.74 Å². The van der Waals surface area contributed by atoms with Crippen LogP contribution in [0.5, 0.6) is 5.75 Å². The molecular formula is C14H18N2OS. The van der Waals surface area contributed by atoms with Crippen molar-refractivity contribution in [1.29, 1.82) is 0 Å². The lowest BCUT2D eigenvalue weighted by atomic mass is 10.1. The molecule has 1 heterocycles. The highest BCUT2D eigenvalue weighted by Gasteiger charge is 2.08. The van der Waals surface area contributed by atoms with E-state index in [0.717, 1.165) is 18.6 Å². The minimum absolute atomic E-state index is 0.257. The summed E-state index contributed by atoms with van der Waals surface area (Å²) in [4.78, 5) is 1.35. The van der Waals surface area contributed by atoms with Crippen LogP contribution < -0.4 is 16.0 Å². The van der Waals surface area contributed by atoms with Crippen molar-refractivity contribution in [3.8, 4) is 5.75 Å². The number of ether oxygens (including phenoxy) is 1. The van der Waals surface area contributed by atoms with Crippen LogP contribution in [-0.4, -0.2) is 12.6 Å². The molecule has 0 bridgehead atoms. The Balaban J connectivity index is 1.74. The Morgan fingerprint density at radius 1 is 1.17 bits per heavy atom. The number of nitrogens with two attached hydrogens (primary N) is 1. The van der Waals surface area contributed by atoms with E-state index in [2.05, 4.69) is 22.9 Å². The zero-order chi connectivity index (χ0) is 12.6. The minimum Gasteiger partial charge on any atom is -0.494 e. The second-order valence-electron chi connectivity index (χ2n) is 4.10. The number of nitrogens with one attached hydrogen (secondary N) is 1. The number of rotatable bonds is 7. The van der Waals surface area contributed by atoms with E-state index in [-0.39, 0.29) is 6.04 Å². The summed E-state index contributed by atoms with van der Waals surface area (Å²) in [6, 6.07) is 14.3. The summed E-state index contributed by atoms with van der Waals surface area (Å²) in [5, 5.41) is 2.09. The lowest BCUT2D eigenvalue weighted by Crippen LogP contribution is -2.37. The van der Waals surface area contributed by atoms with Crippen molar-refractivity contribution in [3.05, 3.63) is 52.7 Å². The molecule has 1 aromatic heterocycles. The molecule has 0 aliphatic rings. The fraction of sp³-hybridized carbons (Fsp3) is 0.286. The molecule has 0 fully saturated rings. The highest BCUT2D eigenvalue weighted by molar-refractivity contribution is 7.09. The van der Waals surface area contributed by atoms with Crippen molar-refractivity contribution >= 4 is 11.3 Å². The second kappa shape index (κ2) is 7.16. The van der Waals surface area contributed by atoms with Crippen molar-refractivity contribution in [3.63, 3.8) is 0 Å². The predicted octanol–water partition coefficient (Wildman–Crippen LogP) is 2.59. The van der Waals surface area contributed by atoms with E-state index in [4.69, 9.17) is 10.6 Å². The number of hydrazine groups is 1. The molecule has 0 aliphatic heterocycles. The van der Waals surface area contributed by atoms with Gasteiger partial charge in [0.15, 0.2) is 0 Å². The number of benzene rings is 1. The van der Waals surface area contributed by atoms with Crippen LogP contribution >= 0.6 is 11.3 Å². The molecule has 96 valence electrons. The maximum Gasteiger partial charge on any atom is 0.119 e. The Morgan fingerprint density at radius 3 is 2.67 bits per heavy atom. The number of para-hydroxylation sites is 1. The molecule has 18 heavy (non-hydrogen) atoms. The standard InChI is InChI=1S/C14H18N2OS/c15-16-12(11-14-7-4-10-18-14)8-9-17-13-5-2-1-3-6-13/h1-7,10,12,16H,8-9,11,15H2. The molecule has 2 aromatic rings. The number of hydrogen-bond donors (Lipinski definition) is 2. The normalized spacial score (nSPS) is 12.3. The van der Waals surface area contributed by atoms with Crippen LogP contribution in [-0.2, 0) is 6.42 Å². The maximum absolute atomic E-state index is 5.67. The Bertz CT molecular complexity index is 430. The van der Waals surface area contributed by atoms with Crippen molar-refractivity contribution in [1.82, 2.24) is 5.43 Å². The smallest absolute Gasteiger partial charge is 0.119 e. The molecule has 0 radical (unpaired) electrons. The van der Waals surface area contributed by atoms with Crippen molar-refractivity contribution in [2.24, 2.45) is 5.84 Å². The van der Waals surface area contributed by atoms with Gasteiger partial charge in [-0.25, -0.2) is 0 Å². The Hall–Kier alpha value is -1.36. The van der Waals surface area contributed by atoms with E-state index in [1.54, 1.807) is 11.3 Å². The van der Waals surface area contributed by atoms with Crippen LogP contribution in [0.4, 0.5) is 0 Å². The molecule has 2 rings (SSSR count). The molecule has 3 N–H and O–H groups in total. The van der Waals surface area contributed by atoms with Crippen molar-refractivity contribution in [2.45, 2.75) is 18.9 Å². The quantitative estimate of drug-likeness (QED) is 0.595. The van der Waals surface area contributed by atoms with Crippen LogP contribution in [0.2, 0.25) is 0 Å². The van der Waals surface area contributed by atoms with Crippen molar-refractivity contribution < 1.29 is 4.74 Å². The Labute approximate surface area is 112 Å². The third kappa shape index (κ3) is 4.14. The molecular weight excluding hydrogens is 244 g/mol. The average molecular weight is 262 g/mol. The van der Waals surface area contributed by atoms with E-state index in [9.17, 15) is 0 Å². The van der Waals surface area contributed by atoms with Gasteiger partial charge in [-0.05, 0) is 36.4 Å². The van der Waals surface area contributed by atoms with Gasteiger partial charge >= 0.3 is 0 Å². The molecule has 0 spiro atoms. The summed E-state index contributed by atoms with van der Waals surface area (Å²) in [6.45, 7) is 0.671. The van der Waals surface area contributed by atoms with Gasteiger partial charge in [0.25, 0.3) is 0 Å².